The number of hydrazine groups is 1. The van der Waals surface area contributed by atoms with Gasteiger partial charge in [-0.15, -0.1) is 0 Å². The standard InChI is InChI=1S/C14H11BrClFN4O2/c15-7-3-8(16)5-10(4-7)19-14(23)20-12-6-9(17)1-2-11(12)13(22)21-18/h1-6H,18H2,(H,21,22)(H2,19,20,23). The summed E-state index contributed by atoms with van der Waals surface area (Å²) in [6.07, 6.45) is 0. The van der Waals surface area contributed by atoms with Crippen molar-refractivity contribution in [3.8, 4) is 0 Å². The molecular formula is C14H11BrClFN4O2. The molecule has 0 aliphatic heterocycles. The van der Waals surface area contributed by atoms with E-state index in [9.17, 15) is 14.0 Å². The van der Waals surface area contributed by atoms with Crippen molar-refractivity contribution in [2.45, 2.75) is 0 Å². The van der Waals surface area contributed by atoms with Crippen LogP contribution in [0.1, 0.15) is 10.4 Å². The van der Waals surface area contributed by atoms with Crippen molar-refractivity contribution in [1.29, 1.82) is 0 Å². The lowest BCUT2D eigenvalue weighted by molar-refractivity contribution is 0.0954. The molecule has 5 N–H and O–H groups in total. The summed E-state index contributed by atoms with van der Waals surface area (Å²) in [7, 11) is 0. The second-order valence-electron chi connectivity index (χ2n) is 4.40. The van der Waals surface area contributed by atoms with E-state index >= 15 is 0 Å². The maximum atomic E-state index is 13.3. The van der Waals surface area contributed by atoms with E-state index in [1.165, 1.54) is 12.1 Å². The van der Waals surface area contributed by atoms with Gasteiger partial charge in [-0.3, -0.25) is 10.2 Å². The molecule has 0 atom stereocenters. The SMILES string of the molecule is NNC(=O)c1ccc(F)cc1NC(=O)Nc1cc(Cl)cc(Br)c1. The first-order valence-electron chi connectivity index (χ1n) is 6.23. The first-order chi connectivity index (χ1) is 10.9. The molecule has 0 saturated carbocycles. The molecule has 0 heterocycles. The number of nitrogens with one attached hydrogen (secondary N) is 3. The molecule has 2 aromatic carbocycles. The first-order valence-corrected chi connectivity index (χ1v) is 7.40. The van der Waals surface area contributed by atoms with Crippen molar-refractivity contribution in [2.75, 3.05) is 10.6 Å². The number of carbonyl (C=O) groups is 2. The fourth-order valence-corrected chi connectivity index (χ4v) is 2.67. The molecule has 0 aliphatic carbocycles. The van der Waals surface area contributed by atoms with E-state index in [1.54, 1.807) is 12.1 Å². The maximum absolute atomic E-state index is 13.3. The predicted octanol–water partition coefficient (Wildman–Crippen LogP) is 3.49. The largest absolute Gasteiger partial charge is 0.323 e. The number of amides is 3. The minimum Gasteiger partial charge on any atom is -0.308 e. The van der Waals surface area contributed by atoms with Crippen LogP contribution in [0.5, 0.6) is 0 Å². The van der Waals surface area contributed by atoms with Crippen LogP contribution >= 0.6 is 27.5 Å². The van der Waals surface area contributed by atoms with Crippen LogP contribution in [0.4, 0.5) is 20.6 Å². The Kier molecular flexibility index (Phi) is 5.54. The fourth-order valence-electron chi connectivity index (χ4n) is 1.81. The number of rotatable bonds is 3. The number of nitrogen functional groups attached to an aromatic ring is 1. The highest BCUT2D eigenvalue weighted by Gasteiger charge is 2.14. The molecular weight excluding hydrogens is 391 g/mol. The average Bonchev–Trinajstić information content (AvgIpc) is 2.45. The van der Waals surface area contributed by atoms with E-state index in [2.05, 4.69) is 26.6 Å². The highest BCUT2D eigenvalue weighted by molar-refractivity contribution is 9.10. The fraction of sp³-hybridized carbons (Fsp3) is 0. The van der Waals surface area contributed by atoms with Gasteiger partial charge in [-0.25, -0.2) is 15.0 Å². The Hall–Kier alpha value is -2.16. The summed E-state index contributed by atoms with van der Waals surface area (Å²) in [5, 5.41) is 5.33. The third kappa shape index (κ3) is 4.65. The van der Waals surface area contributed by atoms with Gasteiger partial charge in [0.05, 0.1) is 11.3 Å². The van der Waals surface area contributed by atoms with Gasteiger partial charge in [0.1, 0.15) is 5.82 Å². The van der Waals surface area contributed by atoms with Crippen LogP contribution in [0.2, 0.25) is 5.02 Å². The van der Waals surface area contributed by atoms with Crippen molar-refractivity contribution >= 4 is 50.8 Å². The zero-order chi connectivity index (χ0) is 17.0. The molecule has 0 aliphatic rings. The third-order valence-electron chi connectivity index (χ3n) is 2.73. The molecule has 120 valence electrons. The average molecular weight is 402 g/mol. The van der Waals surface area contributed by atoms with E-state index in [-0.39, 0.29) is 11.3 Å². The molecule has 9 heteroatoms. The van der Waals surface area contributed by atoms with Crippen LogP contribution in [0.25, 0.3) is 0 Å². The highest BCUT2D eigenvalue weighted by Crippen LogP contribution is 2.23. The van der Waals surface area contributed by atoms with Crippen LogP contribution < -0.4 is 21.9 Å². The normalized spacial score (nSPS) is 10.1. The lowest BCUT2D eigenvalue weighted by Crippen LogP contribution is -2.31. The molecule has 0 unspecified atom stereocenters. The molecule has 0 fully saturated rings. The Morgan fingerprint density at radius 1 is 1.13 bits per heavy atom. The summed E-state index contributed by atoms with van der Waals surface area (Å²) in [5.74, 6) is 3.78. The highest BCUT2D eigenvalue weighted by atomic mass is 79.9. The second-order valence-corrected chi connectivity index (χ2v) is 5.75. The van der Waals surface area contributed by atoms with Gasteiger partial charge in [0.15, 0.2) is 0 Å². The molecule has 23 heavy (non-hydrogen) atoms. The summed E-state index contributed by atoms with van der Waals surface area (Å²) in [5.41, 5.74) is 2.34. The van der Waals surface area contributed by atoms with Crippen LogP contribution in [-0.4, -0.2) is 11.9 Å². The first kappa shape index (κ1) is 17.2. The van der Waals surface area contributed by atoms with Crippen molar-refractivity contribution in [3.05, 3.63) is 57.3 Å². The van der Waals surface area contributed by atoms with Gasteiger partial charge < -0.3 is 10.6 Å². The van der Waals surface area contributed by atoms with Gasteiger partial charge >= 0.3 is 6.03 Å². The van der Waals surface area contributed by atoms with Gasteiger partial charge in [-0.1, -0.05) is 27.5 Å². The minimum atomic E-state index is -0.671. The van der Waals surface area contributed by atoms with E-state index < -0.39 is 17.8 Å². The summed E-state index contributed by atoms with van der Waals surface area (Å²) < 4.78 is 14.0. The van der Waals surface area contributed by atoms with E-state index in [1.807, 2.05) is 5.43 Å². The summed E-state index contributed by atoms with van der Waals surface area (Å²) in [6.45, 7) is 0. The molecule has 3 amide bonds. The molecule has 0 radical (unpaired) electrons. The second kappa shape index (κ2) is 7.40. The Morgan fingerprint density at radius 2 is 1.87 bits per heavy atom. The van der Waals surface area contributed by atoms with E-state index in [0.717, 1.165) is 12.1 Å². The molecule has 2 rings (SSSR count). The van der Waals surface area contributed by atoms with Crippen molar-refractivity contribution in [1.82, 2.24) is 5.43 Å². The monoisotopic (exact) mass is 400 g/mol. The van der Waals surface area contributed by atoms with Gasteiger partial charge in [-0.2, -0.15) is 0 Å². The Labute approximate surface area is 144 Å². The quantitative estimate of drug-likeness (QED) is 0.360. The van der Waals surface area contributed by atoms with Gasteiger partial charge in [-0.05, 0) is 36.4 Å². The number of nitrogens with two attached hydrogens (primary N) is 1. The topological polar surface area (TPSA) is 96.2 Å². The number of hydrogen-bond acceptors (Lipinski definition) is 3. The van der Waals surface area contributed by atoms with Crippen molar-refractivity contribution in [2.24, 2.45) is 5.84 Å². The van der Waals surface area contributed by atoms with Gasteiger partial charge in [0.2, 0.25) is 0 Å². The number of anilines is 2. The molecule has 0 aromatic heterocycles. The Balaban J connectivity index is 2.19. The zero-order valence-corrected chi connectivity index (χ0v) is 13.8. The van der Waals surface area contributed by atoms with Gasteiger partial charge in [0.25, 0.3) is 5.91 Å². The van der Waals surface area contributed by atoms with E-state index in [0.29, 0.717) is 15.2 Å². The smallest absolute Gasteiger partial charge is 0.308 e. The van der Waals surface area contributed by atoms with Crippen molar-refractivity contribution < 1.29 is 14.0 Å². The molecule has 0 spiro atoms. The lowest BCUT2D eigenvalue weighted by Gasteiger charge is -2.12. The van der Waals surface area contributed by atoms with E-state index in [4.69, 9.17) is 17.4 Å². The minimum absolute atomic E-state index is 0.0217. The van der Waals surface area contributed by atoms with Crippen LogP contribution in [0.15, 0.2) is 40.9 Å². The Bertz CT molecular complexity index is 752. The third-order valence-corrected chi connectivity index (χ3v) is 3.40. The lowest BCUT2D eigenvalue weighted by atomic mass is 10.1. The molecule has 6 nitrogen and oxygen atoms in total. The number of carbonyl (C=O) groups excluding carboxylic acids is 2. The Morgan fingerprint density at radius 3 is 2.52 bits per heavy atom. The number of urea groups is 1. The van der Waals surface area contributed by atoms with Crippen LogP contribution in [-0.2, 0) is 0 Å². The maximum Gasteiger partial charge on any atom is 0.323 e. The summed E-state index contributed by atoms with van der Waals surface area (Å²) >= 11 is 9.13. The molecule has 0 bridgehead atoms. The van der Waals surface area contributed by atoms with Crippen molar-refractivity contribution in [3.63, 3.8) is 0 Å². The van der Waals surface area contributed by atoms with Crippen LogP contribution in [0.3, 0.4) is 0 Å². The number of benzene rings is 2. The number of halogens is 3. The summed E-state index contributed by atoms with van der Waals surface area (Å²) in [4.78, 5) is 23.6. The van der Waals surface area contributed by atoms with Gasteiger partial charge in [0, 0.05) is 15.2 Å². The predicted molar refractivity (Wildman–Crippen MR) is 89.8 cm³/mol. The molecule has 0 saturated heterocycles. The zero-order valence-electron chi connectivity index (χ0n) is 11.5. The number of hydrogen-bond donors (Lipinski definition) is 4. The molecule has 2 aromatic rings. The van der Waals surface area contributed by atoms with Crippen LogP contribution in [0, 0.1) is 5.82 Å². The summed E-state index contributed by atoms with van der Waals surface area (Å²) in [6, 6.07) is 7.45.